The van der Waals surface area contributed by atoms with E-state index in [0.29, 0.717) is 21.2 Å². The zero-order valence-corrected chi connectivity index (χ0v) is 18.7. The molecule has 0 heterocycles. The van der Waals surface area contributed by atoms with Crippen molar-refractivity contribution in [2.24, 2.45) is 0 Å². The largest absolute Gasteiger partial charge is 0.203 e. The lowest BCUT2D eigenvalue weighted by molar-refractivity contribution is 0.376. The van der Waals surface area contributed by atoms with E-state index in [1.165, 1.54) is 0 Å². The van der Waals surface area contributed by atoms with Crippen molar-refractivity contribution in [1.29, 1.82) is 0 Å². The van der Waals surface area contributed by atoms with Gasteiger partial charge in [-0.2, -0.15) is 0 Å². The average Bonchev–Trinajstić information content (AvgIpc) is 3.35. The van der Waals surface area contributed by atoms with Crippen LogP contribution in [0.15, 0.2) is 66.7 Å². The van der Waals surface area contributed by atoms with E-state index in [2.05, 4.69) is 0 Å². The maximum absolute atomic E-state index is 15.2. The Morgan fingerprint density at radius 2 is 0.857 bits per heavy atom. The third kappa shape index (κ3) is 2.84. The molecule has 0 amide bonds. The standard InChI is InChI=1S/C30H17F5/c1-14-12-19-20(13-15(14)2)24(25-26(31)28(33)30(35)29(34)27(25)32)22-18-11-7-6-10-17(18)21(23(19)22)16-8-4-3-5-9-16/h3-13H,1-2H3. The van der Waals surface area contributed by atoms with E-state index in [-0.39, 0.29) is 5.57 Å². The predicted molar refractivity (Wildman–Crippen MR) is 125 cm³/mol. The van der Waals surface area contributed by atoms with Gasteiger partial charge in [-0.3, -0.25) is 0 Å². The molecule has 2 aliphatic carbocycles. The van der Waals surface area contributed by atoms with Gasteiger partial charge in [-0.25, -0.2) is 22.0 Å². The summed E-state index contributed by atoms with van der Waals surface area (Å²) in [6.07, 6.45) is 0. The summed E-state index contributed by atoms with van der Waals surface area (Å²) < 4.78 is 73.1. The third-order valence-electron chi connectivity index (χ3n) is 6.91. The van der Waals surface area contributed by atoms with Crippen LogP contribution in [0, 0.1) is 42.9 Å². The lowest BCUT2D eigenvalue weighted by Gasteiger charge is -2.13. The number of rotatable bonds is 2. The summed E-state index contributed by atoms with van der Waals surface area (Å²) in [4.78, 5) is 0. The van der Waals surface area contributed by atoms with Crippen molar-refractivity contribution in [3.8, 4) is 0 Å². The van der Waals surface area contributed by atoms with Gasteiger partial charge in [-0.1, -0.05) is 66.7 Å². The van der Waals surface area contributed by atoms with Crippen LogP contribution in [-0.2, 0) is 0 Å². The summed E-state index contributed by atoms with van der Waals surface area (Å²) in [6, 6.07) is 20.7. The van der Waals surface area contributed by atoms with Gasteiger partial charge in [-0.05, 0) is 68.1 Å². The highest BCUT2D eigenvalue weighted by Crippen LogP contribution is 2.41. The van der Waals surface area contributed by atoms with E-state index in [1.54, 1.807) is 12.1 Å². The molecule has 4 aromatic carbocycles. The van der Waals surface area contributed by atoms with Gasteiger partial charge in [0.1, 0.15) is 0 Å². The van der Waals surface area contributed by atoms with Crippen molar-refractivity contribution in [3.63, 3.8) is 0 Å². The van der Waals surface area contributed by atoms with Gasteiger partial charge in [0.15, 0.2) is 23.3 Å². The fraction of sp³-hybridized carbons (Fsp3) is 0.0667. The van der Waals surface area contributed by atoms with Gasteiger partial charge >= 0.3 is 0 Å². The van der Waals surface area contributed by atoms with Crippen LogP contribution in [0.2, 0.25) is 0 Å². The second kappa shape index (κ2) is 7.51. The molecule has 0 fully saturated rings. The molecule has 0 radical (unpaired) electrons. The summed E-state index contributed by atoms with van der Waals surface area (Å²) in [6.45, 7) is 3.78. The van der Waals surface area contributed by atoms with E-state index in [0.717, 1.165) is 33.1 Å². The molecule has 0 saturated heterocycles. The molecule has 172 valence electrons. The van der Waals surface area contributed by atoms with Crippen LogP contribution in [0.5, 0.6) is 0 Å². The molecule has 0 spiro atoms. The molecule has 0 bridgehead atoms. The molecule has 0 unspecified atom stereocenters. The molecular formula is C30H17F5. The molecule has 4 aromatic rings. The van der Waals surface area contributed by atoms with E-state index < -0.39 is 34.6 Å². The SMILES string of the molecule is Cc1cc2c(cc1C)=C(c1c(F)c(F)c(F)c(F)c1F)C1=c3ccccc3=C(c3ccccc3)C=21. The second-order valence-electron chi connectivity index (χ2n) is 8.84. The molecule has 2 aliphatic rings. The minimum atomic E-state index is -2.17. The number of hydrogen-bond acceptors (Lipinski definition) is 0. The molecule has 0 atom stereocenters. The first-order valence-corrected chi connectivity index (χ1v) is 11.1. The van der Waals surface area contributed by atoms with E-state index in [1.807, 2.05) is 68.4 Å². The van der Waals surface area contributed by atoms with Gasteiger partial charge in [0.2, 0.25) is 5.82 Å². The number of hydrogen-bond donors (Lipinski definition) is 0. The van der Waals surface area contributed by atoms with E-state index in [9.17, 15) is 13.2 Å². The van der Waals surface area contributed by atoms with Crippen LogP contribution < -0.4 is 20.9 Å². The molecule has 0 aromatic heterocycles. The third-order valence-corrected chi connectivity index (χ3v) is 6.91. The Morgan fingerprint density at radius 3 is 1.43 bits per heavy atom. The Hall–Kier alpha value is -3.99. The Balaban J connectivity index is 1.89. The molecule has 0 nitrogen and oxygen atoms in total. The monoisotopic (exact) mass is 472 g/mol. The number of halogens is 5. The molecule has 0 saturated carbocycles. The van der Waals surface area contributed by atoms with Crippen LogP contribution in [0.4, 0.5) is 22.0 Å². The van der Waals surface area contributed by atoms with Crippen LogP contribution in [-0.4, -0.2) is 0 Å². The van der Waals surface area contributed by atoms with Crippen LogP contribution in [0.3, 0.4) is 0 Å². The normalized spacial score (nSPS) is 13.9. The van der Waals surface area contributed by atoms with Gasteiger partial charge < -0.3 is 0 Å². The van der Waals surface area contributed by atoms with Crippen LogP contribution >= 0.6 is 0 Å². The highest BCUT2D eigenvalue weighted by Gasteiger charge is 2.35. The van der Waals surface area contributed by atoms with Gasteiger partial charge in [0, 0.05) is 5.57 Å². The fourth-order valence-electron chi connectivity index (χ4n) is 5.20. The first-order chi connectivity index (χ1) is 16.8. The van der Waals surface area contributed by atoms with Crippen molar-refractivity contribution in [2.45, 2.75) is 13.8 Å². The van der Waals surface area contributed by atoms with Crippen molar-refractivity contribution >= 4 is 22.3 Å². The fourth-order valence-corrected chi connectivity index (χ4v) is 5.20. The summed E-state index contributed by atoms with van der Waals surface area (Å²) >= 11 is 0. The number of fused-ring (bicyclic) bond motifs is 3. The molecule has 6 rings (SSSR count). The number of benzene rings is 4. The maximum atomic E-state index is 15.2. The van der Waals surface area contributed by atoms with Crippen molar-refractivity contribution in [3.05, 3.63) is 139 Å². The van der Waals surface area contributed by atoms with Gasteiger partial charge in [-0.15, -0.1) is 0 Å². The van der Waals surface area contributed by atoms with Gasteiger partial charge in [0.25, 0.3) is 0 Å². The van der Waals surface area contributed by atoms with Crippen LogP contribution in [0.25, 0.3) is 22.3 Å². The Labute approximate surface area is 197 Å². The van der Waals surface area contributed by atoms with Gasteiger partial charge in [0.05, 0.1) is 5.56 Å². The zero-order valence-electron chi connectivity index (χ0n) is 18.7. The highest BCUT2D eigenvalue weighted by atomic mass is 19.2. The minimum Gasteiger partial charge on any atom is -0.203 e. The number of aryl methyl sites for hydroxylation is 2. The summed E-state index contributed by atoms with van der Waals surface area (Å²) in [5, 5.41) is 2.68. The summed E-state index contributed by atoms with van der Waals surface area (Å²) in [7, 11) is 0. The zero-order chi connectivity index (χ0) is 24.6. The first-order valence-electron chi connectivity index (χ1n) is 11.1. The average molecular weight is 472 g/mol. The lowest BCUT2D eigenvalue weighted by Crippen LogP contribution is -2.29. The van der Waals surface area contributed by atoms with Crippen molar-refractivity contribution < 1.29 is 22.0 Å². The molecular weight excluding hydrogens is 455 g/mol. The topological polar surface area (TPSA) is 0 Å². The van der Waals surface area contributed by atoms with Crippen molar-refractivity contribution in [1.82, 2.24) is 0 Å². The smallest absolute Gasteiger partial charge is 0.200 e. The minimum absolute atomic E-state index is 0.0179. The predicted octanol–water partition coefficient (Wildman–Crippen LogP) is 4.43. The highest BCUT2D eigenvalue weighted by molar-refractivity contribution is 6.31. The Morgan fingerprint density at radius 1 is 0.429 bits per heavy atom. The summed E-state index contributed by atoms with van der Waals surface area (Å²) in [5.74, 6) is -9.74. The Bertz CT molecular complexity index is 1820. The molecule has 0 N–H and O–H groups in total. The maximum Gasteiger partial charge on any atom is 0.200 e. The lowest BCUT2D eigenvalue weighted by atomic mass is 9.91. The Kier molecular flexibility index (Phi) is 4.62. The summed E-state index contributed by atoms with van der Waals surface area (Å²) in [5.41, 5.74) is 3.88. The van der Waals surface area contributed by atoms with E-state index >= 15 is 8.78 Å². The first kappa shape index (κ1) is 21.5. The van der Waals surface area contributed by atoms with Crippen LogP contribution in [0.1, 0.15) is 22.3 Å². The quantitative estimate of drug-likeness (QED) is 0.230. The van der Waals surface area contributed by atoms with Crippen molar-refractivity contribution in [2.75, 3.05) is 0 Å². The van der Waals surface area contributed by atoms with E-state index in [4.69, 9.17) is 0 Å². The molecule has 5 heteroatoms. The second-order valence-corrected chi connectivity index (χ2v) is 8.84. The molecule has 35 heavy (non-hydrogen) atoms. The molecule has 0 aliphatic heterocycles.